The third-order valence-electron chi connectivity index (χ3n) is 2.46. The van der Waals surface area contributed by atoms with E-state index in [0.29, 0.717) is 15.2 Å². The normalized spacial score (nSPS) is 10.3. The second-order valence-corrected chi connectivity index (χ2v) is 6.38. The minimum absolute atomic E-state index is 0.130. The number of rotatable bonds is 6. The Morgan fingerprint density at radius 3 is 2.82 bits per heavy atom. The summed E-state index contributed by atoms with van der Waals surface area (Å²) in [6.45, 7) is 0. The molecule has 2 rings (SSSR count). The number of carbonyl (C=O) groups excluding carboxylic acids is 2. The van der Waals surface area contributed by atoms with Gasteiger partial charge in [-0.2, -0.15) is 0 Å². The Morgan fingerprint density at radius 1 is 1.32 bits per heavy atom. The van der Waals surface area contributed by atoms with Crippen LogP contribution in [-0.2, 0) is 14.3 Å². The molecule has 0 saturated heterocycles. The monoisotopic (exact) mass is 357 g/mol. The van der Waals surface area contributed by atoms with Gasteiger partial charge in [-0.1, -0.05) is 41.1 Å². The number of ether oxygens (including phenoxy) is 1. The molecule has 0 fully saturated rings. The molecule has 0 aliphatic rings. The zero-order valence-corrected chi connectivity index (χ0v) is 13.9. The van der Waals surface area contributed by atoms with Gasteiger partial charge in [0.05, 0.1) is 23.6 Å². The van der Waals surface area contributed by atoms with Crippen molar-refractivity contribution in [1.82, 2.24) is 10.2 Å². The van der Waals surface area contributed by atoms with Crippen molar-refractivity contribution in [2.24, 2.45) is 0 Å². The summed E-state index contributed by atoms with van der Waals surface area (Å²) in [6.07, 6.45) is 0. The van der Waals surface area contributed by atoms with Crippen LogP contribution in [0.4, 0.5) is 5.13 Å². The first-order valence-electron chi connectivity index (χ1n) is 6.13. The second-order valence-electron chi connectivity index (χ2n) is 4.01. The number of hydrogen-bond donors (Lipinski definition) is 1. The molecule has 1 aromatic carbocycles. The van der Waals surface area contributed by atoms with Crippen LogP contribution >= 0.6 is 34.7 Å². The molecule has 0 spiro atoms. The minimum Gasteiger partial charge on any atom is -0.468 e. The number of esters is 1. The van der Waals surface area contributed by atoms with Crippen molar-refractivity contribution in [2.75, 3.05) is 23.9 Å². The molecule has 0 radical (unpaired) electrons. The number of nitrogens with one attached hydrogen (secondary N) is 1. The zero-order valence-electron chi connectivity index (χ0n) is 11.5. The summed E-state index contributed by atoms with van der Waals surface area (Å²) >= 11 is 8.49. The van der Waals surface area contributed by atoms with Crippen LogP contribution in [0.5, 0.6) is 0 Å². The van der Waals surface area contributed by atoms with E-state index in [9.17, 15) is 9.59 Å². The van der Waals surface area contributed by atoms with Crippen LogP contribution < -0.4 is 5.32 Å². The average Bonchev–Trinajstić information content (AvgIpc) is 2.95. The molecular formula is C13H12ClN3O3S2. The fraction of sp³-hybridized carbons (Fsp3) is 0.231. The van der Waals surface area contributed by atoms with Crippen LogP contribution in [0.1, 0.15) is 0 Å². The highest BCUT2D eigenvalue weighted by molar-refractivity contribution is 8.00. The Bertz CT molecular complexity index is 678. The van der Waals surface area contributed by atoms with E-state index in [4.69, 9.17) is 11.6 Å². The maximum absolute atomic E-state index is 11.7. The molecule has 1 N–H and O–H groups in total. The summed E-state index contributed by atoms with van der Waals surface area (Å²) in [5.74, 6) is -0.355. The lowest BCUT2D eigenvalue weighted by molar-refractivity contribution is -0.137. The molecule has 0 bridgehead atoms. The van der Waals surface area contributed by atoms with E-state index in [1.54, 1.807) is 6.07 Å². The number of aromatic nitrogens is 2. The lowest BCUT2D eigenvalue weighted by atomic mass is 10.2. The standard InChI is InChI=1S/C13H12ClN3O3S2/c1-20-11(19)7-21-6-10(18)15-13-17-16-12(22-13)8-4-2-3-5-9(8)14/h2-5H,6-7H2,1H3,(H,15,17,18). The molecule has 22 heavy (non-hydrogen) atoms. The molecule has 0 unspecified atom stereocenters. The van der Waals surface area contributed by atoms with Crippen molar-refractivity contribution in [3.8, 4) is 10.6 Å². The molecule has 1 aromatic heterocycles. The number of thioether (sulfide) groups is 1. The Morgan fingerprint density at radius 2 is 2.09 bits per heavy atom. The number of anilines is 1. The van der Waals surface area contributed by atoms with Gasteiger partial charge in [-0.15, -0.1) is 22.0 Å². The molecule has 0 atom stereocenters. The number of hydrogen-bond acceptors (Lipinski definition) is 7. The first-order chi connectivity index (χ1) is 10.6. The predicted octanol–water partition coefficient (Wildman–Crippen LogP) is 2.70. The maximum Gasteiger partial charge on any atom is 0.315 e. The van der Waals surface area contributed by atoms with E-state index in [1.165, 1.54) is 30.2 Å². The van der Waals surface area contributed by atoms with Gasteiger partial charge in [0.1, 0.15) is 0 Å². The molecule has 1 heterocycles. The zero-order chi connectivity index (χ0) is 15.9. The van der Waals surface area contributed by atoms with Gasteiger partial charge in [-0.05, 0) is 6.07 Å². The van der Waals surface area contributed by atoms with Crippen molar-refractivity contribution in [3.05, 3.63) is 29.3 Å². The maximum atomic E-state index is 11.7. The highest BCUT2D eigenvalue weighted by Gasteiger charge is 2.12. The van der Waals surface area contributed by atoms with Gasteiger partial charge in [0.15, 0.2) is 5.01 Å². The summed E-state index contributed by atoms with van der Waals surface area (Å²) in [5.41, 5.74) is 0.766. The fourth-order valence-electron chi connectivity index (χ4n) is 1.46. The number of halogens is 1. The van der Waals surface area contributed by atoms with Gasteiger partial charge in [0, 0.05) is 5.56 Å². The lowest BCUT2D eigenvalue weighted by Crippen LogP contribution is -2.15. The highest BCUT2D eigenvalue weighted by atomic mass is 35.5. The molecule has 0 saturated carbocycles. The predicted molar refractivity (Wildman–Crippen MR) is 88.3 cm³/mol. The van der Waals surface area contributed by atoms with E-state index < -0.39 is 0 Å². The Kier molecular flexibility index (Phi) is 6.17. The average molecular weight is 358 g/mol. The van der Waals surface area contributed by atoms with Crippen molar-refractivity contribution in [2.45, 2.75) is 0 Å². The van der Waals surface area contributed by atoms with E-state index in [2.05, 4.69) is 20.3 Å². The Labute approximate surface area is 140 Å². The van der Waals surface area contributed by atoms with Gasteiger partial charge >= 0.3 is 5.97 Å². The first kappa shape index (κ1) is 16.7. The topological polar surface area (TPSA) is 81.2 Å². The number of carbonyl (C=O) groups is 2. The van der Waals surface area contributed by atoms with Crippen LogP contribution in [0.2, 0.25) is 5.02 Å². The van der Waals surface area contributed by atoms with E-state index in [1.807, 2.05) is 18.2 Å². The molecule has 0 aliphatic heterocycles. The third kappa shape index (κ3) is 4.69. The molecule has 1 amide bonds. The summed E-state index contributed by atoms with van der Waals surface area (Å²) in [6, 6.07) is 7.28. The van der Waals surface area contributed by atoms with Gasteiger partial charge in [-0.25, -0.2) is 0 Å². The molecular weight excluding hydrogens is 346 g/mol. The van der Waals surface area contributed by atoms with Crippen LogP contribution in [-0.4, -0.2) is 40.7 Å². The SMILES string of the molecule is COC(=O)CSCC(=O)Nc1nnc(-c2ccccc2Cl)s1. The highest BCUT2D eigenvalue weighted by Crippen LogP contribution is 2.31. The fourth-order valence-corrected chi connectivity index (χ4v) is 3.18. The van der Waals surface area contributed by atoms with Crippen molar-refractivity contribution < 1.29 is 14.3 Å². The second kappa shape index (κ2) is 8.11. The van der Waals surface area contributed by atoms with Crippen LogP contribution in [0.25, 0.3) is 10.6 Å². The van der Waals surface area contributed by atoms with Gasteiger partial charge in [-0.3, -0.25) is 14.9 Å². The number of nitrogens with zero attached hydrogens (tertiary/aromatic N) is 2. The lowest BCUT2D eigenvalue weighted by Gasteiger charge is -2.00. The molecule has 6 nitrogen and oxygen atoms in total. The van der Waals surface area contributed by atoms with E-state index in [-0.39, 0.29) is 23.4 Å². The van der Waals surface area contributed by atoms with Crippen LogP contribution in [0.3, 0.4) is 0 Å². The summed E-state index contributed by atoms with van der Waals surface area (Å²) in [5, 5.41) is 12.1. The Hall–Kier alpha value is -1.64. The number of amides is 1. The first-order valence-corrected chi connectivity index (χ1v) is 8.48. The quantitative estimate of drug-likeness (QED) is 0.800. The third-order valence-corrected chi connectivity index (χ3v) is 4.56. The molecule has 2 aromatic rings. The van der Waals surface area contributed by atoms with Crippen molar-refractivity contribution in [3.63, 3.8) is 0 Å². The smallest absolute Gasteiger partial charge is 0.315 e. The van der Waals surface area contributed by atoms with Crippen molar-refractivity contribution in [1.29, 1.82) is 0 Å². The van der Waals surface area contributed by atoms with Gasteiger partial charge in [0.25, 0.3) is 0 Å². The molecule has 0 aliphatic carbocycles. The molecule has 116 valence electrons. The Balaban J connectivity index is 1.91. The van der Waals surface area contributed by atoms with Crippen LogP contribution in [0, 0.1) is 0 Å². The van der Waals surface area contributed by atoms with E-state index >= 15 is 0 Å². The summed E-state index contributed by atoms with van der Waals surface area (Å²) in [7, 11) is 1.31. The van der Waals surface area contributed by atoms with Gasteiger partial charge in [0.2, 0.25) is 11.0 Å². The number of methoxy groups -OCH3 is 1. The largest absolute Gasteiger partial charge is 0.468 e. The van der Waals surface area contributed by atoms with Crippen LogP contribution in [0.15, 0.2) is 24.3 Å². The minimum atomic E-state index is -0.366. The van der Waals surface area contributed by atoms with E-state index in [0.717, 1.165) is 5.56 Å². The molecule has 9 heteroatoms. The number of benzene rings is 1. The summed E-state index contributed by atoms with van der Waals surface area (Å²) < 4.78 is 4.49. The summed E-state index contributed by atoms with van der Waals surface area (Å²) in [4.78, 5) is 22.7. The van der Waals surface area contributed by atoms with Gasteiger partial charge < -0.3 is 4.74 Å². The van der Waals surface area contributed by atoms with Crippen molar-refractivity contribution >= 4 is 51.7 Å².